The smallest absolute Gasteiger partial charge is 0.341 e. The summed E-state index contributed by atoms with van der Waals surface area (Å²) in [5.74, 6) is -0.614. The molecule has 0 bridgehead atoms. The van der Waals surface area contributed by atoms with Gasteiger partial charge in [0.1, 0.15) is 6.61 Å². The molecule has 0 heterocycles. The van der Waals surface area contributed by atoms with Crippen LogP contribution in [0.4, 0.5) is 0 Å². The molecule has 0 fully saturated rings. The van der Waals surface area contributed by atoms with Gasteiger partial charge in [-0.25, -0.2) is 4.79 Å². The number of allylic oxidation sites excluding steroid dienone is 1. The summed E-state index contributed by atoms with van der Waals surface area (Å²) in [6.07, 6.45) is 1.55. The molecule has 0 aliphatic heterocycles. The number of nitrogens with zero attached hydrogens (tertiary/aromatic N) is 2. The second-order valence-corrected chi connectivity index (χ2v) is 6.74. The number of carbonyl (C=O) groups excluding carboxylic acids is 1. The van der Waals surface area contributed by atoms with Gasteiger partial charge >= 0.3 is 5.97 Å². The number of rotatable bonds is 10. The van der Waals surface area contributed by atoms with Gasteiger partial charge in [0.15, 0.2) is 18.1 Å². The lowest BCUT2D eigenvalue weighted by atomic mass is 10.1. The number of aliphatic carboxylic acids is 1. The molecule has 2 rings (SSSR count). The molecule has 2 aromatic rings. The standard InChI is InChI=1S/C24H26N2O5/c1-4-26(5-2)23(27)12-17(3)18-10-11-21(22(13-18)31-16-24(28)29)30-15-20-9-7-6-8-19(20)14-25/h6-13H,4-5,15-16H2,1-3H3,(H,28,29). The molecule has 0 aromatic heterocycles. The zero-order chi connectivity index (χ0) is 22.8. The first-order valence-corrected chi connectivity index (χ1v) is 9.96. The van der Waals surface area contributed by atoms with Crippen molar-refractivity contribution < 1.29 is 24.2 Å². The Morgan fingerprint density at radius 2 is 1.81 bits per heavy atom. The van der Waals surface area contributed by atoms with Crippen molar-refractivity contribution in [2.75, 3.05) is 19.7 Å². The van der Waals surface area contributed by atoms with Crippen molar-refractivity contribution in [2.45, 2.75) is 27.4 Å². The van der Waals surface area contributed by atoms with Gasteiger partial charge in [-0.05, 0) is 50.1 Å². The van der Waals surface area contributed by atoms with Gasteiger partial charge in [0, 0.05) is 24.7 Å². The van der Waals surface area contributed by atoms with E-state index in [2.05, 4.69) is 6.07 Å². The van der Waals surface area contributed by atoms with E-state index in [1.165, 1.54) is 0 Å². The number of hydrogen-bond acceptors (Lipinski definition) is 5. The maximum Gasteiger partial charge on any atom is 0.341 e. The van der Waals surface area contributed by atoms with Crippen LogP contribution >= 0.6 is 0 Å². The number of likely N-dealkylation sites (N-methyl/N-ethyl adjacent to an activating group) is 1. The van der Waals surface area contributed by atoms with Crippen molar-refractivity contribution in [2.24, 2.45) is 0 Å². The highest BCUT2D eigenvalue weighted by molar-refractivity contribution is 5.95. The number of ether oxygens (including phenoxy) is 2. The summed E-state index contributed by atoms with van der Waals surface area (Å²) in [5, 5.41) is 18.2. The minimum absolute atomic E-state index is 0.0936. The van der Waals surface area contributed by atoms with Crippen molar-refractivity contribution in [3.63, 3.8) is 0 Å². The Bertz CT molecular complexity index is 1000. The average molecular weight is 422 g/mol. The average Bonchev–Trinajstić information content (AvgIpc) is 2.77. The van der Waals surface area contributed by atoms with Crippen molar-refractivity contribution in [3.05, 3.63) is 65.2 Å². The van der Waals surface area contributed by atoms with Gasteiger partial charge in [-0.15, -0.1) is 0 Å². The number of carboxylic acid groups (broad SMARTS) is 1. The van der Waals surface area contributed by atoms with Crippen LogP contribution in [0, 0.1) is 11.3 Å². The van der Waals surface area contributed by atoms with E-state index in [-0.39, 0.29) is 18.3 Å². The van der Waals surface area contributed by atoms with E-state index in [9.17, 15) is 14.9 Å². The first-order valence-electron chi connectivity index (χ1n) is 9.96. The largest absolute Gasteiger partial charge is 0.485 e. The highest BCUT2D eigenvalue weighted by atomic mass is 16.5. The van der Waals surface area contributed by atoms with Crippen molar-refractivity contribution in [1.82, 2.24) is 4.90 Å². The molecule has 0 radical (unpaired) electrons. The summed E-state index contributed by atoms with van der Waals surface area (Å²) in [5.41, 5.74) is 2.64. The van der Waals surface area contributed by atoms with Crippen molar-refractivity contribution in [3.8, 4) is 17.6 Å². The molecule has 0 aliphatic rings. The number of hydrogen-bond donors (Lipinski definition) is 1. The Hall–Kier alpha value is -3.79. The van der Waals surface area contributed by atoms with E-state index < -0.39 is 12.6 Å². The lowest BCUT2D eigenvalue weighted by molar-refractivity contribution is -0.139. The quantitative estimate of drug-likeness (QED) is 0.584. The molecule has 1 amide bonds. The number of benzene rings is 2. The van der Waals surface area contributed by atoms with Crippen LogP contribution in [0.25, 0.3) is 5.57 Å². The Balaban J connectivity index is 2.29. The Morgan fingerprint density at radius 3 is 2.45 bits per heavy atom. The molecule has 0 atom stereocenters. The molecule has 0 unspecified atom stereocenters. The SMILES string of the molecule is CCN(CC)C(=O)C=C(C)c1ccc(OCc2ccccc2C#N)c(OCC(=O)O)c1. The molecular formula is C24H26N2O5. The molecule has 31 heavy (non-hydrogen) atoms. The summed E-state index contributed by atoms with van der Waals surface area (Å²) in [6, 6.07) is 14.3. The fourth-order valence-corrected chi connectivity index (χ4v) is 2.93. The second kappa shape index (κ2) is 11.4. The van der Waals surface area contributed by atoms with E-state index in [1.54, 1.807) is 54.3 Å². The molecule has 162 valence electrons. The lowest BCUT2D eigenvalue weighted by Crippen LogP contribution is -2.28. The van der Waals surface area contributed by atoms with Crippen LogP contribution in [0.15, 0.2) is 48.5 Å². The number of carboxylic acids is 1. The normalized spacial score (nSPS) is 10.8. The van der Waals surface area contributed by atoms with Crippen LogP contribution < -0.4 is 9.47 Å². The maximum atomic E-state index is 12.4. The zero-order valence-corrected chi connectivity index (χ0v) is 17.9. The van der Waals surface area contributed by atoms with Crippen molar-refractivity contribution >= 4 is 17.4 Å². The predicted octanol–water partition coefficient (Wildman–Crippen LogP) is 3.87. The third-order valence-corrected chi connectivity index (χ3v) is 4.69. The molecular weight excluding hydrogens is 396 g/mol. The fraction of sp³-hybridized carbons (Fsp3) is 0.292. The summed E-state index contributed by atoms with van der Waals surface area (Å²) in [4.78, 5) is 25.1. The molecule has 1 N–H and O–H groups in total. The molecule has 0 spiro atoms. The molecule has 2 aromatic carbocycles. The van der Waals surface area contributed by atoms with Gasteiger partial charge in [0.2, 0.25) is 5.91 Å². The molecule has 0 saturated heterocycles. The van der Waals surface area contributed by atoms with Crippen LogP contribution in [-0.2, 0) is 16.2 Å². The molecule has 7 heteroatoms. The Morgan fingerprint density at radius 1 is 1.10 bits per heavy atom. The van der Waals surface area contributed by atoms with Crippen LogP contribution in [-0.4, -0.2) is 41.6 Å². The van der Waals surface area contributed by atoms with Gasteiger partial charge in [-0.2, -0.15) is 5.26 Å². The number of carbonyl (C=O) groups is 2. The summed E-state index contributed by atoms with van der Waals surface area (Å²) < 4.78 is 11.2. The summed E-state index contributed by atoms with van der Waals surface area (Å²) >= 11 is 0. The van der Waals surface area contributed by atoms with Crippen molar-refractivity contribution in [1.29, 1.82) is 5.26 Å². The highest BCUT2D eigenvalue weighted by Crippen LogP contribution is 2.32. The van der Waals surface area contributed by atoms with E-state index in [1.807, 2.05) is 19.9 Å². The molecule has 0 aliphatic carbocycles. The summed E-state index contributed by atoms with van der Waals surface area (Å²) in [6.45, 7) is 6.46. The Labute approximate surface area is 182 Å². The van der Waals surface area contributed by atoms with E-state index in [4.69, 9.17) is 14.6 Å². The molecule has 7 nitrogen and oxygen atoms in total. The van der Waals surface area contributed by atoms with Gasteiger partial charge in [0.25, 0.3) is 0 Å². The van der Waals surface area contributed by atoms with Gasteiger partial charge in [-0.3, -0.25) is 4.79 Å². The van der Waals surface area contributed by atoms with Crippen LogP contribution in [0.1, 0.15) is 37.5 Å². The Kier molecular flexibility index (Phi) is 8.64. The number of nitriles is 1. The monoisotopic (exact) mass is 422 g/mol. The molecule has 0 saturated carbocycles. The fourth-order valence-electron chi connectivity index (χ4n) is 2.93. The lowest BCUT2D eigenvalue weighted by Gasteiger charge is -2.17. The predicted molar refractivity (Wildman–Crippen MR) is 117 cm³/mol. The first-order chi connectivity index (χ1) is 14.9. The third kappa shape index (κ3) is 6.61. The summed E-state index contributed by atoms with van der Waals surface area (Å²) in [7, 11) is 0. The van der Waals surface area contributed by atoms with Gasteiger partial charge < -0.3 is 19.5 Å². The third-order valence-electron chi connectivity index (χ3n) is 4.69. The second-order valence-electron chi connectivity index (χ2n) is 6.74. The van der Waals surface area contributed by atoms with E-state index in [0.717, 1.165) is 5.57 Å². The van der Waals surface area contributed by atoms with Crippen LogP contribution in [0.2, 0.25) is 0 Å². The maximum absolute atomic E-state index is 12.4. The van der Waals surface area contributed by atoms with Gasteiger partial charge in [-0.1, -0.05) is 24.3 Å². The minimum Gasteiger partial charge on any atom is -0.485 e. The van der Waals surface area contributed by atoms with Crippen LogP contribution in [0.3, 0.4) is 0 Å². The van der Waals surface area contributed by atoms with E-state index in [0.29, 0.717) is 35.5 Å². The number of amides is 1. The van der Waals surface area contributed by atoms with Crippen LogP contribution in [0.5, 0.6) is 11.5 Å². The highest BCUT2D eigenvalue weighted by Gasteiger charge is 2.13. The van der Waals surface area contributed by atoms with Gasteiger partial charge in [0.05, 0.1) is 11.6 Å². The van der Waals surface area contributed by atoms with E-state index >= 15 is 0 Å². The topological polar surface area (TPSA) is 99.9 Å². The zero-order valence-electron chi connectivity index (χ0n) is 17.9. The minimum atomic E-state index is -1.12. The first kappa shape index (κ1) is 23.5.